The fourth-order valence-corrected chi connectivity index (χ4v) is 8.58. The molecule has 3 heterocycles. The van der Waals surface area contributed by atoms with Gasteiger partial charge in [-0.3, -0.25) is 9.59 Å². The zero-order valence-corrected chi connectivity index (χ0v) is 37.8. The molecule has 3 rings (SSSR count). The van der Waals surface area contributed by atoms with E-state index in [1.54, 1.807) is 60.6 Å². The summed E-state index contributed by atoms with van der Waals surface area (Å²) in [5, 5.41) is 60.2. The number of carbonyl (C=O) groups excluding carboxylic acids is 2. The highest BCUT2D eigenvalue weighted by Gasteiger charge is 2.54. The quantitative estimate of drug-likeness (QED) is 0.257. The number of likely N-dealkylation sites (N-methyl/N-ethyl adjacent to an activating group) is 1. The second kappa shape index (κ2) is 23.0. The number of aliphatic hydroxyl groups excluding tert-OH is 3. The number of cyclic esters (lactones) is 1. The first-order chi connectivity index (χ1) is 26.8. The van der Waals surface area contributed by atoms with Crippen molar-refractivity contribution in [3.8, 4) is 12.1 Å². The van der Waals surface area contributed by atoms with Crippen molar-refractivity contribution in [3.05, 3.63) is 0 Å². The lowest BCUT2D eigenvalue weighted by Gasteiger charge is -2.50. The van der Waals surface area contributed by atoms with Crippen LogP contribution in [0.5, 0.6) is 0 Å². The van der Waals surface area contributed by atoms with Gasteiger partial charge in [0.1, 0.15) is 29.7 Å². The lowest BCUT2D eigenvalue weighted by molar-refractivity contribution is -0.319. The lowest BCUT2D eigenvalue weighted by atomic mass is 9.74. The maximum Gasteiger partial charge on any atom is 0.311 e. The van der Waals surface area contributed by atoms with Crippen molar-refractivity contribution >= 4 is 11.8 Å². The van der Waals surface area contributed by atoms with Crippen LogP contribution < -0.4 is 0 Å². The van der Waals surface area contributed by atoms with Crippen molar-refractivity contribution in [2.45, 2.75) is 193 Å². The number of hydrogen-bond acceptors (Lipinski definition) is 16. The number of methoxy groups -OCH3 is 2. The summed E-state index contributed by atoms with van der Waals surface area (Å²) in [6.45, 7) is 19.9. The molecule has 0 unspecified atom stereocenters. The van der Waals surface area contributed by atoms with Crippen LogP contribution in [0, 0.1) is 46.3 Å². The Kier molecular flexibility index (Phi) is 21.3. The van der Waals surface area contributed by atoms with Crippen LogP contribution in [0.4, 0.5) is 0 Å². The van der Waals surface area contributed by atoms with E-state index in [9.17, 15) is 30.0 Å². The minimum Gasteiger partial charge on any atom is -0.459 e. The zero-order valence-electron chi connectivity index (χ0n) is 37.8. The van der Waals surface area contributed by atoms with E-state index >= 15 is 0 Å². The first kappa shape index (κ1) is 53.7. The monoisotopic (exact) mass is 830 g/mol. The predicted octanol–water partition coefficient (Wildman–Crippen LogP) is 3.50. The highest BCUT2D eigenvalue weighted by atomic mass is 16.7. The molecule has 0 aromatic heterocycles. The van der Waals surface area contributed by atoms with E-state index in [4.69, 9.17) is 43.7 Å². The van der Waals surface area contributed by atoms with Gasteiger partial charge in [0.15, 0.2) is 12.6 Å². The predicted molar refractivity (Wildman–Crippen MR) is 214 cm³/mol. The summed E-state index contributed by atoms with van der Waals surface area (Å²) in [6, 6.07) is 3.22. The van der Waals surface area contributed by atoms with Gasteiger partial charge in [-0.15, -0.1) is 0 Å². The van der Waals surface area contributed by atoms with E-state index in [1.807, 2.05) is 32.8 Å². The Hall–Kier alpha value is -2.32. The Morgan fingerprint density at radius 1 is 0.845 bits per heavy atom. The molecule has 58 heavy (non-hydrogen) atoms. The molecule has 3 fully saturated rings. The summed E-state index contributed by atoms with van der Waals surface area (Å²) in [5.74, 6) is -4.47. The van der Waals surface area contributed by atoms with Gasteiger partial charge in [0.05, 0.1) is 59.8 Å². The van der Waals surface area contributed by atoms with Crippen LogP contribution in [-0.2, 0) is 42.7 Å². The molecule has 4 N–H and O–H groups in total. The first-order valence-electron chi connectivity index (χ1n) is 20.3. The van der Waals surface area contributed by atoms with Gasteiger partial charge in [-0.05, 0) is 74.9 Å². The molecule has 3 saturated heterocycles. The average molecular weight is 830 g/mol. The van der Waals surface area contributed by atoms with Crippen LogP contribution in [0.2, 0.25) is 0 Å². The van der Waals surface area contributed by atoms with E-state index in [1.165, 1.54) is 35.0 Å². The molecule has 0 radical (unpaired) electrons. The van der Waals surface area contributed by atoms with Gasteiger partial charge in [-0.2, -0.15) is 10.5 Å². The third kappa shape index (κ3) is 12.8. The fraction of sp³-hybridized carbons (Fsp3) is 0.905. The number of rotatable bonds is 8. The van der Waals surface area contributed by atoms with Gasteiger partial charge in [0.25, 0.3) is 0 Å². The summed E-state index contributed by atoms with van der Waals surface area (Å²) in [6.07, 6.45) is -8.73. The van der Waals surface area contributed by atoms with Gasteiger partial charge in [0.2, 0.25) is 0 Å². The number of nitriles is 2. The summed E-state index contributed by atoms with van der Waals surface area (Å²) in [7, 11) is 6.77. The zero-order chi connectivity index (χ0) is 45.1. The minimum absolute atomic E-state index is 0.111. The molecule has 0 saturated carbocycles. The van der Waals surface area contributed by atoms with Gasteiger partial charge in [-0.25, -0.2) is 0 Å². The molecule has 336 valence electrons. The summed E-state index contributed by atoms with van der Waals surface area (Å²) < 4.78 is 43.9. The Labute approximate surface area is 347 Å². The third-order valence-corrected chi connectivity index (χ3v) is 12.3. The SMILES string of the molecule is CC#N.CC#N.CC[C@H]1OC(=O)[C@H](C)[C@@H](O[C@H]2C[C@@](C)(OC)[C@@H](O)[C@H](C)O2)[C@H](C)[C@@H](O[C@H]2O[C@@H](C)C[C@@H](N(C)C)[C@@H]2O)[C@](C)(OC)C[C@@H](C)C(=O)[C@H](C)[C@@H](O)[C@]1(C)O. The van der Waals surface area contributed by atoms with Crippen LogP contribution in [0.25, 0.3) is 0 Å². The first-order valence-corrected chi connectivity index (χ1v) is 20.3. The van der Waals surface area contributed by atoms with Crippen molar-refractivity contribution in [1.82, 2.24) is 4.90 Å². The van der Waals surface area contributed by atoms with Gasteiger partial charge in [-0.1, -0.05) is 27.7 Å². The summed E-state index contributed by atoms with van der Waals surface area (Å²) in [4.78, 5) is 30.1. The molecule has 0 aromatic carbocycles. The number of esters is 1. The maximum atomic E-state index is 14.2. The van der Waals surface area contributed by atoms with Crippen molar-refractivity contribution in [2.75, 3.05) is 28.3 Å². The topological polar surface area (TPSA) is 230 Å². The van der Waals surface area contributed by atoms with E-state index in [0.717, 1.165) is 0 Å². The van der Waals surface area contributed by atoms with Gasteiger partial charge >= 0.3 is 5.97 Å². The number of ketones is 1. The van der Waals surface area contributed by atoms with E-state index in [2.05, 4.69) is 0 Å². The second-order valence-corrected chi connectivity index (χ2v) is 17.1. The van der Waals surface area contributed by atoms with Crippen molar-refractivity contribution in [3.63, 3.8) is 0 Å². The van der Waals surface area contributed by atoms with Crippen molar-refractivity contribution < 1.29 is 63.2 Å². The largest absolute Gasteiger partial charge is 0.459 e. The number of Topliss-reactive ketones (excluding diaryl/α,β-unsaturated/α-hetero) is 1. The maximum absolute atomic E-state index is 14.2. The molecule has 3 aliphatic rings. The normalized spacial score (nSPS) is 44.2. The Bertz CT molecular complexity index is 1360. The molecule has 16 nitrogen and oxygen atoms in total. The summed E-state index contributed by atoms with van der Waals surface area (Å²) in [5.41, 5.74) is -4.24. The highest BCUT2D eigenvalue weighted by Crippen LogP contribution is 2.41. The molecular formula is C42H75N3O13. The Balaban J connectivity index is 0.00000263. The van der Waals surface area contributed by atoms with Crippen molar-refractivity contribution in [1.29, 1.82) is 10.5 Å². The Morgan fingerprint density at radius 3 is 1.86 bits per heavy atom. The summed E-state index contributed by atoms with van der Waals surface area (Å²) >= 11 is 0. The number of hydrogen-bond donors (Lipinski definition) is 4. The molecule has 0 aliphatic carbocycles. The molecule has 16 heteroatoms. The van der Waals surface area contributed by atoms with Gasteiger partial charge < -0.3 is 58.5 Å². The molecule has 0 amide bonds. The van der Waals surface area contributed by atoms with Gasteiger partial charge in [0, 0.05) is 58.3 Å². The van der Waals surface area contributed by atoms with E-state index < -0.39 is 102 Å². The Morgan fingerprint density at radius 2 is 1.38 bits per heavy atom. The van der Waals surface area contributed by atoms with Crippen LogP contribution in [0.15, 0.2) is 0 Å². The van der Waals surface area contributed by atoms with Crippen LogP contribution in [0.3, 0.4) is 0 Å². The smallest absolute Gasteiger partial charge is 0.311 e. The molecule has 0 spiro atoms. The van der Waals surface area contributed by atoms with E-state index in [0.29, 0.717) is 6.42 Å². The number of carbonyl (C=O) groups is 2. The van der Waals surface area contributed by atoms with Crippen LogP contribution in [-0.4, -0.2) is 150 Å². The standard InChI is InChI=1S/C38H69NO13.2C2H3N/c1-15-26-38(10,45)31(42)21(4)28(40)19(2)17-37(9,47-14)33(52-35-29(41)25(39(11)12)16-20(3)48-35)22(5)30(23(6)34(44)50-26)51-27-18-36(8,46-13)32(43)24(7)49-27;2*1-2-3/h19-27,29-33,35,41-43,45H,15-18H2,1-14H3;2*1H3/t19-,20+,21+,22+,23-,24+,25-,26-,27+,29+,30+,31-,32+,33-,35-,36-,37-,38-;;/m1../s1. The van der Waals surface area contributed by atoms with Crippen molar-refractivity contribution in [2.24, 2.45) is 23.7 Å². The average Bonchev–Trinajstić information content (AvgIpc) is 3.16. The number of aliphatic hydroxyl groups is 4. The lowest BCUT2D eigenvalue weighted by Crippen LogP contribution is -2.61. The van der Waals surface area contributed by atoms with Crippen LogP contribution in [0.1, 0.15) is 109 Å². The van der Waals surface area contributed by atoms with E-state index in [-0.39, 0.29) is 37.2 Å². The minimum atomic E-state index is -1.96. The number of nitrogens with zero attached hydrogens (tertiary/aromatic N) is 3. The molecule has 18 atom stereocenters. The molecule has 3 aliphatic heterocycles. The molecule has 0 bridgehead atoms. The second-order valence-electron chi connectivity index (χ2n) is 17.1. The number of ether oxygens (including phenoxy) is 7. The molecule has 0 aromatic rings. The van der Waals surface area contributed by atoms with Crippen LogP contribution >= 0.6 is 0 Å². The highest BCUT2D eigenvalue weighted by molar-refractivity contribution is 5.83. The fourth-order valence-electron chi connectivity index (χ4n) is 8.58. The molecular weight excluding hydrogens is 754 g/mol. The third-order valence-electron chi connectivity index (χ3n) is 12.3.